The van der Waals surface area contributed by atoms with Gasteiger partial charge in [0.25, 0.3) is 0 Å². The zero-order valence-corrected chi connectivity index (χ0v) is 15.8. The van der Waals surface area contributed by atoms with E-state index in [-0.39, 0.29) is 0 Å². The fourth-order valence-corrected chi connectivity index (χ4v) is 3.08. The molecule has 1 fully saturated rings. The maximum Gasteiger partial charge on any atom is 0.0428 e. The zero-order chi connectivity index (χ0) is 17.4. The summed E-state index contributed by atoms with van der Waals surface area (Å²) in [5.41, 5.74) is 7.26. The Bertz CT molecular complexity index is 646. The Kier molecular flexibility index (Phi) is 7.32. The first-order valence-electron chi connectivity index (χ1n) is 9.38. The number of aromatic nitrogens is 1. The molecule has 24 heavy (non-hydrogen) atoms. The van der Waals surface area contributed by atoms with Gasteiger partial charge in [-0.2, -0.15) is 0 Å². The van der Waals surface area contributed by atoms with Gasteiger partial charge in [0.15, 0.2) is 0 Å². The van der Waals surface area contributed by atoms with Crippen LogP contribution in [0.4, 0.5) is 0 Å². The SMILES string of the molecule is CCC(C)CC/C(C(C)=C1CCC1)=C(\C)CC#Cc1cccnc1. The number of allylic oxidation sites excluding steroid dienone is 4. The largest absolute Gasteiger partial charge is 0.263 e. The van der Waals surface area contributed by atoms with Crippen molar-refractivity contribution in [1.29, 1.82) is 0 Å². The summed E-state index contributed by atoms with van der Waals surface area (Å²) in [4.78, 5) is 4.12. The lowest BCUT2D eigenvalue weighted by atomic mass is 9.82. The fraction of sp³-hybridized carbons (Fsp3) is 0.522. The van der Waals surface area contributed by atoms with Crippen LogP contribution in [0.3, 0.4) is 0 Å². The number of nitrogens with zero attached hydrogens (tertiary/aromatic N) is 1. The monoisotopic (exact) mass is 321 g/mol. The van der Waals surface area contributed by atoms with Gasteiger partial charge < -0.3 is 0 Å². The van der Waals surface area contributed by atoms with Crippen molar-refractivity contribution in [3.8, 4) is 11.8 Å². The Morgan fingerprint density at radius 1 is 1.29 bits per heavy atom. The van der Waals surface area contributed by atoms with Gasteiger partial charge in [-0.05, 0) is 75.1 Å². The third kappa shape index (κ3) is 5.38. The van der Waals surface area contributed by atoms with E-state index in [4.69, 9.17) is 0 Å². The summed E-state index contributed by atoms with van der Waals surface area (Å²) >= 11 is 0. The van der Waals surface area contributed by atoms with Crippen molar-refractivity contribution in [3.05, 3.63) is 52.4 Å². The highest BCUT2D eigenvalue weighted by molar-refractivity contribution is 5.41. The predicted octanol–water partition coefficient (Wildman–Crippen LogP) is 6.47. The topological polar surface area (TPSA) is 12.9 Å². The molecule has 128 valence electrons. The second-order valence-corrected chi connectivity index (χ2v) is 7.11. The van der Waals surface area contributed by atoms with E-state index in [9.17, 15) is 0 Å². The first-order valence-corrected chi connectivity index (χ1v) is 9.38. The van der Waals surface area contributed by atoms with Crippen LogP contribution in [0.15, 0.2) is 46.8 Å². The minimum atomic E-state index is 0.800. The van der Waals surface area contributed by atoms with Gasteiger partial charge in [0, 0.05) is 24.4 Å². The van der Waals surface area contributed by atoms with E-state index in [0.717, 1.165) is 17.9 Å². The summed E-state index contributed by atoms with van der Waals surface area (Å²) in [6.07, 6.45) is 12.2. The summed E-state index contributed by atoms with van der Waals surface area (Å²) in [5, 5.41) is 0. The second-order valence-electron chi connectivity index (χ2n) is 7.11. The van der Waals surface area contributed by atoms with Crippen molar-refractivity contribution in [2.75, 3.05) is 0 Å². The van der Waals surface area contributed by atoms with Gasteiger partial charge in [0.1, 0.15) is 0 Å². The van der Waals surface area contributed by atoms with Crippen molar-refractivity contribution in [3.63, 3.8) is 0 Å². The highest BCUT2D eigenvalue weighted by atomic mass is 14.6. The van der Waals surface area contributed by atoms with E-state index < -0.39 is 0 Å². The maximum absolute atomic E-state index is 4.12. The smallest absolute Gasteiger partial charge is 0.0428 e. The molecule has 0 aliphatic heterocycles. The minimum Gasteiger partial charge on any atom is -0.263 e. The van der Waals surface area contributed by atoms with Crippen molar-refractivity contribution in [1.82, 2.24) is 4.98 Å². The molecule has 1 aliphatic carbocycles. The molecule has 1 saturated carbocycles. The van der Waals surface area contributed by atoms with Crippen LogP contribution in [-0.2, 0) is 0 Å². The number of hydrogen-bond donors (Lipinski definition) is 0. The number of rotatable bonds is 6. The Balaban J connectivity index is 2.13. The molecule has 0 radical (unpaired) electrons. The van der Waals surface area contributed by atoms with E-state index >= 15 is 0 Å². The Labute approximate surface area is 148 Å². The molecular weight excluding hydrogens is 290 g/mol. The number of pyridine rings is 1. The van der Waals surface area contributed by atoms with Gasteiger partial charge in [0.05, 0.1) is 0 Å². The minimum absolute atomic E-state index is 0.800. The van der Waals surface area contributed by atoms with Crippen molar-refractivity contribution < 1.29 is 0 Å². The second kappa shape index (κ2) is 9.48. The first-order chi connectivity index (χ1) is 11.6. The van der Waals surface area contributed by atoms with E-state index in [1.54, 1.807) is 22.9 Å². The van der Waals surface area contributed by atoms with Gasteiger partial charge in [-0.25, -0.2) is 0 Å². The molecule has 1 aliphatic rings. The van der Waals surface area contributed by atoms with Gasteiger partial charge >= 0.3 is 0 Å². The summed E-state index contributed by atoms with van der Waals surface area (Å²) in [6, 6.07) is 3.96. The van der Waals surface area contributed by atoms with E-state index in [2.05, 4.69) is 44.5 Å². The van der Waals surface area contributed by atoms with Crippen molar-refractivity contribution in [2.45, 2.75) is 72.6 Å². The summed E-state index contributed by atoms with van der Waals surface area (Å²) in [5.74, 6) is 7.38. The van der Waals surface area contributed by atoms with E-state index in [1.807, 2.05) is 18.3 Å². The molecule has 1 aromatic rings. The average molecular weight is 322 g/mol. The Morgan fingerprint density at radius 2 is 2.08 bits per heavy atom. The molecule has 1 unspecified atom stereocenters. The summed E-state index contributed by atoms with van der Waals surface area (Å²) < 4.78 is 0. The highest BCUT2D eigenvalue weighted by Crippen LogP contribution is 2.35. The van der Waals surface area contributed by atoms with Crippen LogP contribution in [0.1, 0.15) is 78.2 Å². The third-order valence-corrected chi connectivity index (χ3v) is 5.29. The van der Waals surface area contributed by atoms with E-state index in [0.29, 0.717) is 0 Å². The van der Waals surface area contributed by atoms with Gasteiger partial charge in [-0.3, -0.25) is 4.98 Å². The standard InChI is InChI=1S/C23H31N/c1-5-18(2)14-15-23(20(4)22-12-7-13-22)19(3)9-6-10-21-11-8-16-24-17-21/h8,11,16-18H,5,7,9,12-15H2,1-4H3/b23-19-. The van der Waals surface area contributed by atoms with Gasteiger partial charge in [-0.1, -0.05) is 43.3 Å². The molecule has 0 N–H and O–H groups in total. The molecule has 1 heterocycles. The maximum atomic E-state index is 4.12. The van der Waals surface area contributed by atoms with Crippen LogP contribution in [0.5, 0.6) is 0 Å². The molecule has 1 nitrogen and oxygen atoms in total. The Hall–Kier alpha value is -1.81. The van der Waals surface area contributed by atoms with Gasteiger partial charge in [-0.15, -0.1) is 0 Å². The molecule has 0 amide bonds. The summed E-state index contributed by atoms with van der Waals surface area (Å²) in [7, 11) is 0. The van der Waals surface area contributed by atoms with E-state index in [1.165, 1.54) is 44.1 Å². The Morgan fingerprint density at radius 3 is 2.67 bits per heavy atom. The molecule has 0 aromatic carbocycles. The molecule has 2 rings (SSSR count). The molecular formula is C23H31N. The lowest BCUT2D eigenvalue weighted by Gasteiger charge is -2.24. The molecule has 0 spiro atoms. The molecule has 1 atom stereocenters. The van der Waals surface area contributed by atoms with Crippen molar-refractivity contribution in [2.24, 2.45) is 5.92 Å². The molecule has 0 bridgehead atoms. The van der Waals surface area contributed by atoms with Gasteiger partial charge in [0.2, 0.25) is 0 Å². The van der Waals surface area contributed by atoms with Crippen LogP contribution >= 0.6 is 0 Å². The van der Waals surface area contributed by atoms with Crippen LogP contribution in [0.2, 0.25) is 0 Å². The van der Waals surface area contributed by atoms with Crippen LogP contribution in [-0.4, -0.2) is 4.98 Å². The first kappa shape index (κ1) is 18.5. The summed E-state index contributed by atoms with van der Waals surface area (Å²) in [6.45, 7) is 9.25. The third-order valence-electron chi connectivity index (χ3n) is 5.29. The number of hydrogen-bond acceptors (Lipinski definition) is 1. The molecule has 0 saturated heterocycles. The lowest BCUT2D eigenvalue weighted by Crippen LogP contribution is -2.05. The zero-order valence-electron chi connectivity index (χ0n) is 15.8. The average Bonchev–Trinajstić information content (AvgIpc) is 2.54. The quantitative estimate of drug-likeness (QED) is 0.547. The van der Waals surface area contributed by atoms with Crippen LogP contribution < -0.4 is 0 Å². The van der Waals surface area contributed by atoms with Crippen molar-refractivity contribution >= 4 is 0 Å². The molecule has 1 aromatic heterocycles. The van der Waals surface area contributed by atoms with Crippen LogP contribution in [0, 0.1) is 17.8 Å². The molecule has 1 heteroatoms. The van der Waals surface area contributed by atoms with Crippen LogP contribution in [0.25, 0.3) is 0 Å². The lowest BCUT2D eigenvalue weighted by molar-refractivity contribution is 0.514. The fourth-order valence-electron chi connectivity index (χ4n) is 3.08. The highest BCUT2D eigenvalue weighted by Gasteiger charge is 2.16. The normalized spacial score (nSPS) is 15.8. The predicted molar refractivity (Wildman–Crippen MR) is 104 cm³/mol.